The van der Waals surface area contributed by atoms with E-state index in [1.165, 1.54) is 12.1 Å². The molecule has 1 aromatic carbocycles. The van der Waals surface area contributed by atoms with Crippen LogP contribution in [0.3, 0.4) is 0 Å². The molecule has 1 heterocycles. The number of benzene rings is 1. The first-order valence-corrected chi connectivity index (χ1v) is 5.80. The molecule has 1 aliphatic heterocycles. The minimum atomic E-state index is -0.383. The van der Waals surface area contributed by atoms with Crippen LogP contribution in [0.5, 0.6) is 5.75 Å². The fourth-order valence-electron chi connectivity index (χ4n) is 2.09. The molecule has 1 N–H and O–H groups in total. The zero-order chi connectivity index (χ0) is 13.8. The van der Waals surface area contributed by atoms with Crippen molar-refractivity contribution < 1.29 is 14.2 Å². The van der Waals surface area contributed by atoms with Crippen LogP contribution in [0.4, 0.5) is 4.39 Å². The zero-order valence-electron chi connectivity index (χ0n) is 10.1. The molecule has 0 aliphatic carbocycles. The van der Waals surface area contributed by atoms with Crippen molar-refractivity contribution in [2.75, 3.05) is 6.61 Å². The van der Waals surface area contributed by atoms with Crippen LogP contribution in [0, 0.1) is 34.4 Å². The zero-order valence-corrected chi connectivity index (χ0v) is 10.1. The Kier molecular flexibility index (Phi) is 3.68. The van der Waals surface area contributed by atoms with E-state index in [-0.39, 0.29) is 23.1 Å². The Balaban J connectivity index is 2.34. The van der Waals surface area contributed by atoms with Crippen LogP contribution in [0.25, 0.3) is 0 Å². The van der Waals surface area contributed by atoms with E-state index in [4.69, 9.17) is 15.3 Å². The molecule has 0 bridgehead atoms. The monoisotopic (exact) mass is 258 g/mol. The molecule has 1 atom stereocenters. The van der Waals surface area contributed by atoms with E-state index in [9.17, 15) is 9.50 Å². The van der Waals surface area contributed by atoms with Gasteiger partial charge in [-0.2, -0.15) is 10.5 Å². The summed E-state index contributed by atoms with van der Waals surface area (Å²) in [6.45, 7) is 0.301. The SMILES string of the molecule is N#CC(C#N)=C(O)C1CCOc2cc(F)ccc2C1. The summed E-state index contributed by atoms with van der Waals surface area (Å²) >= 11 is 0. The molecule has 1 unspecified atom stereocenters. The molecule has 0 radical (unpaired) electrons. The number of hydrogen-bond acceptors (Lipinski definition) is 4. The first kappa shape index (κ1) is 12.9. The van der Waals surface area contributed by atoms with Gasteiger partial charge in [-0.25, -0.2) is 4.39 Å². The third-order valence-corrected chi connectivity index (χ3v) is 3.09. The second-order valence-electron chi connectivity index (χ2n) is 4.27. The van der Waals surface area contributed by atoms with Gasteiger partial charge in [0.1, 0.15) is 29.5 Å². The van der Waals surface area contributed by atoms with Crippen LogP contribution in [0.1, 0.15) is 12.0 Å². The quantitative estimate of drug-likeness (QED) is 0.620. The number of aliphatic hydroxyl groups is 1. The summed E-state index contributed by atoms with van der Waals surface area (Å²) in [5.41, 5.74) is 0.473. The number of aliphatic hydroxyl groups excluding tert-OH is 1. The molecule has 19 heavy (non-hydrogen) atoms. The number of ether oxygens (including phenoxy) is 1. The number of hydrogen-bond donors (Lipinski definition) is 1. The lowest BCUT2D eigenvalue weighted by Crippen LogP contribution is -2.10. The molecule has 0 amide bonds. The van der Waals surface area contributed by atoms with Gasteiger partial charge in [-0.05, 0) is 24.5 Å². The third-order valence-electron chi connectivity index (χ3n) is 3.09. The number of nitriles is 2. The first-order valence-electron chi connectivity index (χ1n) is 5.80. The predicted octanol–water partition coefficient (Wildman–Crippen LogP) is 2.63. The second kappa shape index (κ2) is 5.41. The Morgan fingerprint density at radius 1 is 1.37 bits per heavy atom. The maximum absolute atomic E-state index is 13.1. The van der Waals surface area contributed by atoms with Gasteiger partial charge in [0.2, 0.25) is 0 Å². The van der Waals surface area contributed by atoms with Crippen molar-refractivity contribution in [2.45, 2.75) is 12.8 Å². The molecule has 4 nitrogen and oxygen atoms in total. The van der Waals surface area contributed by atoms with Crippen molar-refractivity contribution in [3.8, 4) is 17.9 Å². The normalized spacial score (nSPS) is 17.1. The Bertz CT molecular complexity index is 595. The van der Waals surface area contributed by atoms with Crippen molar-refractivity contribution in [3.05, 3.63) is 40.9 Å². The van der Waals surface area contributed by atoms with E-state index in [1.54, 1.807) is 18.2 Å². The smallest absolute Gasteiger partial charge is 0.167 e. The van der Waals surface area contributed by atoms with Crippen LogP contribution < -0.4 is 4.74 Å². The van der Waals surface area contributed by atoms with Gasteiger partial charge >= 0.3 is 0 Å². The second-order valence-corrected chi connectivity index (χ2v) is 4.27. The summed E-state index contributed by atoms with van der Waals surface area (Å²) in [6, 6.07) is 7.55. The summed E-state index contributed by atoms with van der Waals surface area (Å²) in [4.78, 5) is 0. The number of nitrogens with zero attached hydrogens (tertiary/aromatic N) is 2. The summed E-state index contributed by atoms with van der Waals surface area (Å²) in [5, 5.41) is 27.5. The lowest BCUT2D eigenvalue weighted by atomic mass is 9.93. The molecule has 1 aliphatic rings. The van der Waals surface area contributed by atoms with Crippen LogP contribution in [0.15, 0.2) is 29.5 Å². The molecule has 2 rings (SSSR count). The van der Waals surface area contributed by atoms with E-state index in [0.29, 0.717) is 25.2 Å². The van der Waals surface area contributed by atoms with Crippen molar-refractivity contribution in [1.82, 2.24) is 0 Å². The fraction of sp³-hybridized carbons (Fsp3) is 0.286. The van der Waals surface area contributed by atoms with Crippen molar-refractivity contribution >= 4 is 0 Å². The minimum absolute atomic E-state index is 0.217. The van der Waals surface area contributed by atoms with Crippen LogP contribution >= 0.6 is 0 Å². The Labute approximate surface area is 110 Å². The van der Waals surface area contributed by atoms with E-state index in [2.05, 4.69) is 0 Å². The average molecular weight is 258 g/mol. The van der Waals surface area contributed by atoms with Gasteiger partial charge < -0.3 is 9.84 Å². The van der Waals surface area contributed by atoms with E-state index < -0.39 is 0 Å². The lowest BCUT2D eigenvalue weighted by Gasteiger charge is -2.12. The van der Waals surface area contributed by atoms with Gasteiger partial charge in [0.15, 0.2) is 5.57 Å². The summed E-state index contributed by atoms with van der Waals surface area (Å²) in [6.07, 6.45) is 0.878. The van der Waals surface area contributed by atoms with Crippen LogP contribution in [0.2, 0.25) is 0 Å². The lowest BCUT2D eigenvalue weighted by molar-refractivity contribution is 0.267. The third kappa shape index (κ3) is 2.66. The van der Waals surface area contributed by atoms with Gasteiger partial charge in [-0.3, -0.25) is 0 Å². The molecule has 5 heteroatoms. The molecule has 0 aromatic heterocycles. The summed E-state index contributed by atoms with van der Waals surface area (Å²) in [5.74, 6) is -0.510. The van der Waals surface area contributed by atoms with E-state index in [0.717, 1.165) is 5.56 Å². The van der Waals surface area contributed by atoms with Crippen molar-refractivity contribution in [3.63, 3.8) is 0 Å². The maximum atomic E-state index is 13.1. The van der Waals surface area contributed by atoms with E-state index >= 15 is 0 Å². The molecule has 0 fully saturated rings. The highest BCUT2D eigenvalue weighted by atomic mass is 19.1. The van der Waals surface area contributed by atoms with Gasteiger partial charge in [0.25, 0.3) is 0 Å². The van der Waals surface area contributed by atoms with E-state index in [1.807, 2.05) is 0 Å². The molecular formula is C14H11FN2O2. The first-order chi connectivity index (χ1) is 9.15. The number of fused-ring (bicyclic) bond motifs is 1. The Morgan fingerprint density at radius 3 is 2.79 bits per heavy atom. The largest absolute Gasteiger partial charge is 0.510 e. The number of allylic oxidation sites excluding steroid dienone is 2. The highest BCUT2D eigenvalue weighted by Gasteiger charge is 2.23. The molecule has 0 saturated carbocycles. The molecule has 96 valence electrons. The number of halogens is 1. The average Bonchev–Trinajstić information content (AvgIpc) is 2.61. The highest BCUT2D eigenvalue weighted by Crippen LogP contribution is 2.31. The van der Waals surface area contributed by atoms with Crippen LogP contribution in [-0.4, -0.2) is 11.7 Å². The standard InChI is InChI=1S/C14H11FN2O2/c15-12-2-1-9-5-10(3-4-19-13(9)6-12)14(18)11(7-16)8-17/h1-2,6,10,18H,3-5H2. The number of rotatable bonds is 1. The van der Waals surface area contributed by atoms with Gasteiger partial charge in [-0.1, -0.05) is 6.07 Å². The van der Waals surface area contributed by atoms with Gasteiger partial charge in [-0.15, -0.1) is 0 Å². The van der Waals surface area contributed by atoms with Crippen LogP contribution in [-0.2, 0) is 6.42 Å². The van der Waals surface area contributed by atoms with Gasteiger partial charge in [0, 0.05) is 12.0 Å². The summed E-state index contributed by atoms with van der Waals surface area (Å²) in [7, 11) is 0. The minimum Gasteiger partial charge on any atom is -0.510 e. The molecular weight excluding hydrogens is 247 g/mol. The predicted molar refractivity (Wildman–Crippen MR) is 64.6 cm³/mol. The Morgan fingerprint density at radius 2 is 2.11 bits per heavy atom. The molecule has 1 aromatic rings. The maximum Gasteiger partial charge on any atom is 0.167 e. The van der Waals surface area contributed by atoms with Crippen molar-refractivity contribution in [2.24, 2.45) is 5.92 Å². The van der Waals surface area contributed by atoms with Gasteiger partial charge in [0.05, 0.1) is 6.61 Å². The fourth-order valence-corrected chi connectivity index (χ4v) is 2.09. The molecule has 0 saturated heterocycles. The summed E-state index contributed by atoms with van der Waals surface area (Å²) < 4.78 is 18.5. The highest BCUT2D eigenvalue weighted by molar-refractivity contribution is 5.40. The molecule has 0 spiro atoms. The topological polar surface area (TPSA) is 77.0 Å². The Hall–Kier alpha value is -2.53. The van der Waals surface area contributed by atoms with Crippen molar-refractivity contribution in [1.29, 1.82) is 10.5 Å².